The predicted molar refractivity (Wildman–Crippen MR) is 101 cm³/mol. The first-order valence-corrected chi connectivity index (χ1v) is 8.95. The number of hydrogen-bond donors (Lipinski definition) is 1. The van der Waals surface area contributed by atoms with Crippen LogP contribution in [0.15, 0.2) is 36.8 Å². The molecule has 1 saturated heterocycles. The van der Waals surface area contributed by atoms with Crippen LogP contribution in [0.5, 0.6) is 0 Å². The van der Waals surface area contributed by atoms with Gasteiger partial charge in [0, 0.05) is 39.4 Å². The van der Waals surface area contributed by atoms with Crippen LogP contribution < -0.4 is 5.32 Å². The molecule has 7 nitrogen and oxygen atoms in total. The van der Waals surface area contributed by atoms with Crippen molar-refractivity contribution in [3.05, 3.63) is 47.9 Å². The molecule has 7 heteroatoms. The smallest absolute Gasteiger partial charge is 0.186 e. The molecule has 26 heavy (non-hydrogen) atoms. The minimum atomic E-state index is 0.134. The Bertz CT molecular complexity index is 893. The fraction of sp³-hybridized carbons (Fsp3) is 0.421. The highest BCUT2D eigenvalue weighted by Crippen LogP contribution is 2.18. The monoisotopic (exact) mass is 352 g/mol. The molecule has 0 aliphatic carbocycles. The molecule has 0 saturated carbocycles. The van der Waals surface area contributed by atoms with E-state index in [0.717, 1.165) is 37.4 Å². The molecule has 0 amide bonds. The van der Waals surface area contributed by atoms with Gasteiger partial charge in [0.05, 0.1) is 18.1 Å². The molecule has 1 fully saturated rings. The van der Waals surface area contributed by atoms with Gasteiger partial charge in [-0.2, -0.15) is 5.10 Å². The Morgan fingerprint density at radius 1 is 1.31 bits per heavy atom. The first kappa shape index (κ1) is 16.9. The van der Waals surface area contributed by atoms with Crippen LogP contribution in [0.4, 0.5) is 5.82 Å². The van der Waals surface area contributed by atoms with Crippen LogP contribution >= 0.6 is 0 Å². The van der Waals surface area contributed by atoms with Crippen molar-refractivity contribution in [1.82, 2.24) is 24.6 Å². The van der Waals surface area contributed by atoms with Crippen LogP contribution in [-0.2, 0) is 18.3 Å². The quantitative estimate of drug-likeness (QED) is 0.757. The molecule has 0 bridgehead atoms. The van der Waals surface area contributed by atoms with Gasteiger partial charge in [-0.3, -0.25) is 9.58 Å². The zero-order valence-electron chi connectivity index (χ0n) is 15.2. The number of ether oxygens (including phenoxy) is 1. The van der Waals surface area contributed by atoms with E-state index < -0.39 is 0 Å². The van der Waals surface area contributed by atoms with Gasteiger partial charge in [-0.05, 0) is 12.5 Å². The van der Waals surface area contributed by atoms with Crippen LogP contribution in [0.2, 0.25) is 0 Å². The van der Waals surface area contributed by atoms with Crippen molar-refractivity contribution in [2.75, 3.05) is 31.6 Å². The average molecular weight is 352 g/mol. The summed E-state index contributed by atoms with van der Waals surface area (Å²) in [6, 6.07) is 8.70. The number of anilines is 1. The number of benzene rings is 1. The molecule has 1 unspecified atom stereocenters. The van der Waals surface area contributed by atoms with Crippen LogP contribution in [0.1, 0.15) is 11.1 Å². The maximum atomic E-state index is 5.94. The summed E-state index contributed by atoms with van der Waals surface area (Å²) in [4.78, 5) is 11.0. The number of rotatable bonds is 5. The Hall–Kier alpha value is -2.51. The lowest BCUT2D eigenvalue weighted by atomic mass is 10.1. The van der Waals surface area contributed by atoms with E-state index in [2.05, 4.69) is 56.5 Å². The second-order valence-electron chi connectivity index (χ2n) is 6.86. The molecule has 1 aliphatic rings. The molecule has 3 heterocycles. The molecule has 2 aromatic heterocycles. The van der Waals surface area contributed by atoms with E-state index in [1.165, 1.54) is 11.1 Å². The molecule has 0 radical (unpaired) electrons. The van der Waals surface area contributed by atoms with Crippen LogP contribution in [0, 0.1) is 6.92 Å². The van der Waals surface area contributed by atoms with Gasteiger partial charge >= 0.3 is 0 Å². The van der Waals surface area contributed by atoms with Crippen molar-refractivity contribution < 1.29 is 4.74 Å². The van der Waals surface area contributed by atoms with E-state index >= 15 is 0 Å². The van der Waals surface area contributed by atoms with E-state index in [1.54, 1.807) is 11.0 Å². The molecule has 136 valence electrons. The van der Waals surface area contributed by atoms with E-state index in [-0.39, 0.29) is 6.10 Å². The van der Waals surface area contributed by atoms with E-state index in [9.17, 15) is 0 Å². The predicted octanol–water partition coefficient (Wildman–Crippen LogP) is 1.98. The lowest BCUT2D eigenvalue weighted by molar-refractivity contribution is -0.0240. The van der Waals surface area contributed by atoms with Gasteiger partial charge in [-0.25, -0.2) is 9.97 Å². The van der Waals surface area contributed by atoms with Crippen molar-refractivity contribution in [1.29, 1.82) is 0 Å². The zero-order valence-corrected chi connectivity index (χ0v) is 15.2. The summed E-state index contributed by atoms with van der Waals surface area (Å²) < 4.78 is 7.70. The normalized spacial score (nSPS) is 18.3. The summed E-state index contributed by atoms with van der Waals surface area (Å²) in [7, 11) is 1.89. The Kier molecular flexibility index (Phi) is 4.81. The standard InChI is InChI=1S/C19H24N6O/c1-14-4-3-5-15(8-14)10-25-6-7-26-16(11-25)9-20-18-17-12-24(2)23-19(17)22-13-21-18/h3-5,8,12-13,16H,6-7,9-11H2,1-2H3,(H,20,21,22,23). The Morgan fingerprint density at radius 2 is 2.23 bits per heavy atom. The number of aryl methyl sites for hydroxylation is 2. The fourth-order valence-corrected chi connectivity index (χ4v) is 3.42. The summed E-state index contributed by atoms with van der Waals surface area (Å²) in [6.07, 6.45) is 3.61. The minimum Gasteiger partial charge on any atom is -0.374 e. The highest BCUT2D eigenvalue weighted by Gasteiger charge is 2.21. The van der Waals surface area contributed by atoms with Gasteiger partial charge in [0.2, 0.25) is 0 Å². The SMILES string of the molecule is Cc1cccc(CN2CCOC(CNc3ncnc4nn(C)cc34)C2)c1. The fourth-order valence-electron chi connectivity index (χ4n) is 3.42. The lowest BCUT2D eigenvalue weighted by Crippen LogP contribution is -2.44. The summed E-state index contributed by atoms with van der Waals surface area (Å²) >= 11 is 0. The van der Waals surface area contributed by atoms with E-state index in [0.29, 0.717) is 12.2 Å². The largest absolute Gasteiger partial charge is 0.374 e. The van der Waals surface area contributed by atoms with Crippen LogP contribution in [-0.4, -0.2) is 57.0 Å². The first-order chi connectivity index (χ1) is 12.7. The van der Waals surface area contributed by atoms with Gasteiger partial charge in [0.15, 0.2) is 5.65 Å². The van der Waals surface area contributed by atoms with Crippen LogP contribution in [0.3, 0.4) is 0 Å². The molecule has 0 spiro atoms. The summed E-state index contributed by atoms with van der Waals surface area (Å²) in [6.45, 7) is 6.43. The molecule has 1 aliphatic heterocycles. The third kappa shape index (κ3) is 3.84. The van der Waals surface area contributed by atoms with Crippen molar-refractivity contribution in [3.8, 4) is 0 Å². The van der Waals surface area contributed by atoms with Crippen molar-refractivity contribution in [2.24, 2.45) is 7.05 Å². The Morgan fingerprint density at radius 3 is 3.12 bits per heavy atom. The highest BCUT2D eigenvalue weighted by molar-refractivity contribution is 5.85. The van der Waals surface area contributed by atoms with Gasteiger partial charge in [0.25, 0.3) is 0 Å². The van der Waals surface area contributed by atoms with Gasteiger partial charge in [-0.15, -0.1) is 0 Å². The molecule has 1 aromatic carbocycles. The summed E-state index contributed by atoms with van der Waals surface area (Å²) in [5.74, 6) is 0.808. The second kappa shape index (κ2) is 7.39. The molecule has 1 atom stereocenters. The first-order valence-electron chi connectivity index (χ1n) is 8.95. The van der Waals surface area contributed by atoms with E-state index in [1.807, 2.05) is 13.2 Å². The van der Waals surface area contributed by atoms with Gasteiger partial charge in [0.1, 0.15) is 12.1 Å². The number of hydrogen-bond acceptors (Lipinski definition) is 6. The molecule has 3 aromatic rings. The number of nitrogens with one attached hydrogen (secondary N) is 1. The average Bonchev–Trinajstić information content (AvgIpc) is 3.01. The number of nitrogens with zero attached hydrogens (tertiary/aromatic N) is 5. The summed E-state index contributed by atoms with van der Waals surface area (Å²) in [5.41, 5.74) is 3.36. The van der Waals surface area contributed by atoms with Crippen molar-refractivity contribution >= 4 is 16.9 Å². The topological polar surface area (TPSA) is 68.1 Å². The lowest BCUT2D eigenvalue weighted by Gasteiger charge is -2.33. The molecular weight excluding hydrogens is 328 g/mol. The minimum absolute atomic E-state index is 0.134. The highest BCUT2D eigenvalue weighted by atomic mass is 16.5. The zero-order chi connectivity index (χ0) is 17.9. The van der Waals surface area contributed by atoms with Crippen molar-refractivity contribution in [3.63, 3.8) is 0 Å². The van der Waals surface area contributed by atoms with Gasteiger partial charge in [-0.1, -0.05) is 29.8 Å². The second-order valence-corrected chi connectivity index (χ2v) is 6.86. The molecule has 4 rings (SSSR count). The van der Waals surface area contributed by atoms with Crippen LogP contribution in [0.25, 0.3) is 11.0 Å². The van der Waals surface area contributed by atoms with E-state index in [4.69, 9.17) is 4.74 Å². The number of aromatic nitrogens is 4. The molecular formula is C19H24N6O. The summed E-state index contributed by atoms with van der Waals surface area (Å²) in [5, 5.41) is 8.66. The Labute approximate surface area is 153 Å². The van der Waals surface area contributed by atoms with Crippen molar-refractivity contribution in [2.45, 2.75) is 19.6 Å². The maximum Gasteiger partial charge on any atom is 0.186 e. The third-order valence-electron chi connectivity index (χ3n) is 4.64. The van der Waals surface area contributed by atoms with Gasteiger partial charge < -0.3 is 10.1 Å². The number of fused-ring (bicyclic) bond motifs is 1. The molecule has 1 N–H and O–H groups in total. The third-order valence-corrected chi connectivity index (χ3v) is 4.64. The Balaban J connectivity index is 1.37. The number of morpholine rings is 1. The maximum absolute atomic E-state index is 5.94.